The zero-order chi connectivity index (χ0) is 14.3. The molecule has 102 valence electrons. The number of carbonyl (C=O) groups excluding carboxylic acids is 2. The van der Waals surface area contributed by atoms with Crippen LogP contribution >= 0.6 is 0 Å². The second-order valence-corrected chi connectivity index (χ2v) is 5.10. The quantitative estimate of drug-likeness (QED) is 0.803. The highest BCUT2D eigenvalue weighted by molar-refractivity contribution is 6.21. The highest BCUT2D eigenvalue weighted by Crippen LogP contribution is 2.24. The lowest BCUT2D eigenvalue weighted by molar-refractivity contribution is 0.0637. The van der Waals surface area contributed by atoms with Gasteiger partial charge in [0.25, 0.3) is 11.8 Å². The topological polar surface area (TPSA) is 55.2 Å². The largest absolute Gasteiger partial charge is 0.269 e. The SMILES string of the molecule is CC(C)n1nccc1CN1C(=O)c2ccccc2C1=O. The van der Waals surface area contributed by atoms with E-state index in [0.29, 0.717) is 11.1 Å². The van der Waals surface area contributed by atoms with Crippen LogP contribution in [0.2, 0.25) is 0 Å². The van der Waals surface area contributed by atoms with E-state index in [4.69, 9.17) is 0 Å². The maximum atomic E-state index is 12.3. The van der Waals surface area contributed by atoms with Gasteiger partial charge in [-0.3, -0.25) is 19.2 Å². The van der Waals surface area contributed by atoms with Gasteiger partial charge in [-0.25, -0.2) is 0 Å². The van der Waals surface area contributed by atoms with E-state index in [1.807, 2.05) is 24.6 Å². The Morgan fingerprint density at radius 1 is 1.05 bits per heavy atom. The summed E-state index contributed by atoms with van der Waals surface area (Å²) in [4.78, 5) is 25.9. The Labute approximate surface area is 116 Å². The van der Waals surface area contributed by atoms with Gasteiger partial charge in [-0.05, 0) is 32.0 Å². The molecule has 5 heteroatoms. The molecule has 0 saturated heterocycles. The van der Waals surface area contributed by atoms with E-state index >= 15 is 0 Å². The fourth-order valence-corrected chi connectivity index (χ4v) is 2.48. The molecule has 0 spiro atoms. The smallest absolute Gasteiger partial charge is 0.261 e. The van der Waals surface area contributed by atoms with E-state index in [0.717, 1.165) is 5.69 Å². The van der Waals surface area contributed by atoms with Crippen LogP contribution < -0.4 is 0 Å². The van der Waals surface area contributed by atoms with Gasteiger partial charge in [-0.1, -0.05) is 12.1 Å². The lowest BCUT2D eigenvalue weighted by atomic mass is 10.1. The summed E-state index contributed by atoms with van der Waals surface area (Å²) >= 11 is 0. The van der Waals surface area contributed by atoms with Gasteiger partial charge in [0.2, 0.25) is 0 Å². The molecule has 2 aromatic rings. The van der Waals surface area contributed by atoms with Crippen molar-refractivity contribution >= 4 is 11.8 Å². The average Bonchev–Trinajstić information content (AvgIpc) is 2.99. The van der Waals surface area contributed by atoms with E-state index < -0.39 is 0 Å². The first-order valence-electron chi connectivity index (χ1n) is 6.57. The number of fused-ring (bicyclic) bond motifs is 1. The van der Waals surface area contributed by atoms with Gasteiger partial charge >= 0.3 is 0 Å². The van der Waals surface area contributed by atoms with Crippen molar-refractivity contribution < 1.29 is 9.59 Å². The summed E-state index contributed by atoms with van der Waals surface area (Å²) in [7, 11) is 0. The van der Waals surface area contributed by atoms with Gasteiger partial charge in [0.15, 0.2) is 0 Å². The second kappa shape index (κ2) is 4.59. The molecule has 0 atom stereocenters. The van der Waals surface area contributed by atoms with Crippen molar-refractivity contribution in [3.8, 4) is 0 Å². The zero-order valence-corrected chi connectivity index (χ0v) is 11.4. The number of nitrogens with zero attached hydrogens (tertiary/aromatic N) is 3. The van der Waals surface area contributed by atoms with Gasteiger partial charge in [0.1, 0.15) is 0 Å². The van der Waals surface area contributed by atoms with Gasteiger partial charge in [0, 0.05) is 12.2 Å². The third-order valence-electron chi connectivity index (χ3n) is 3.44. The fraction of sp³-hybridized carbons (Fsp3) is 0.267. The molecule has 0 saturated carbocycles. The maximum Gasteiger partial charge on any atom is 0.261 e. The van der Waals surface area contributed by atoms with Crippen molar-refractivity contribution in [2.45, 2.75) is 26.4 Å². The van der Waals surface area contributed by atoms with E-state index in [1.165, 1.54) is 4.90 Å². The summed E-state index contributed by atoms with van der Waals surface area (Å²) in [5.74, 6) is -0.468. The monoisotopic (exact) mass is 269 g/mol. The predicted molar refractivity (Wildman–Crippen MR) is 73.3 cm³/mol. The van der Waals surface area contributed by atoms with Gasteiger partial charge in [-0.15, -0.1) is 0 Å². The lowest BCUT2D eigenvalue weighted by Gasteiger charge is -2.16. The van der Waals surface area contributed by atoms with Crippen molar-refractivity contribution in [2.75, 3.05) is 0 Å². The lowest BCUT2D eigenvalue weighted by Crippen LogP contribution is -2.30. The minimum Gasteiger partial charge on any atom is -0.269 e. The summed E-state index contributed by atoms with van der Waals surface area (Å²) in [5.41, 5.74) is 1.82. The van der Waals surface area contributed by atoms with Crippen LogP contribution in [0.1, 0.15) is 46.3 Å². The van der Waals surface area contributed by atoms with Crippen molar-refractivity contribution in [1.29, 1.82) is 0 Å². The molecule has 20 heavy (non-hydrogen) atoms. The summed E-state index contributed by atoms with van der Waals surface area (Å²) in [5, 5.41) is 4.22. The number of carbonyl (C=O) groups is 2. The first kappa shape index (κ1) is 12.6. The number of aromatic nitrogens is 2. The van der Waals surface area contributed by atoms with Crippen LogP contribution in [0.25, 0.3) is 0 Å². The summed E-state index contributed by atoms with van der Waals surface area (Å²) in [6, 6.07) is 8.95. The molecule has 1 aromatic carbocycles. The summed E-state index contributed by atoms with van der Waals surface area (Å²) in [6.45, 7) is 4.28. The molecule has 0 N–H and O–H groups in total. The van der Waals surface area contributed by atoms with Crippen molar-refractivity contribution in [3.05, 3.63) is 53.3 Å². The molecule has 2 amide bonds. The van der Waals surface area contributed by atoms with Crippen LogP contribution in [0.5, 0.6) is 0 Å². The molecule has 1 aromatic heterocycles. The number of benzene rings is 1. The van der Waals surface area contributed by atoms with Crippen LogP contribution in [0.4, 0.5) is 0 Å². The van der Waals surface area contributed by atoms with E-state index in [2.05, 4.69) is 5.10 Å². The Balaban J connectivity index is 1.92. The zero-order valence-electron chi connectivity index (χ0n) is 11.4. The Morgan fingerprint density at radius 2 is 1.65 bits per heavy atom. The van der Waals surface area contributed by atoms with Crippen molar-refractivity contribution in [2.24, 2.45) is 0 Å². The third-order valence-corrected chi connectivity index (χ3v) is 3.44. The second-order valence-electron chi connectivity index (χ2n) is 5.10. The molecular formula is C15H15N3O2. The van der Waals surface area contributed by atoms with Gasteiger partial charge < -0.3 is 0 Å². The van der Waals surface area contributed by atoms with Gasteiger partial charge in [0.05, 0.1) is 23.4 Å². The first-order valence-corrected chi connectivity index (χ1v) is 6.57. The minimum atomic E-state index is -0.234. The third kappa shape index (κ3) is 1.82. The number of rotatable bonds is 3. The molecule has 0 bridgehead atoms. The molecule has 5 nitrogen and oxygen atoms in total. The van der Waals surface area contributed by atoms with Gasteiger partial charge in [-0.2, -0.15) is 5.10 Å². The van der Waals surface area contributed by atoms with Crippen molar-refractivity contribution in [1.82, 2.24) is 14.7 Å². The molecule has 1 aliphatic rings. The van der Waals surface area contributed by atoms with Crippen molar-refractivity contribution in [3.63, 3.8) is 0 Å². The standard InChI is InChI=1S/C15H15N3O2/c1-10(2)18-11(7-8-16-18)9-17-14(19)12-5-3-4-6-13(12)15(17)20/h3-8,10H,9H2,1-2H3. The molecule has 0 aliphatic carbocycles. The predicted octanol–water partition coefficient (Wildman–Crippen LogP) is 2.26. The van der Waals surface area contributed by atoms with Crippen LogP contribution in [0, 0.1) is 0 Å². The number of imide groups is 1. The maximum absolute atomic E-state index is 12.3. The highest BCUT2D eigenvalue weighted by Gasteiger charge is 2.35. The summed E-state index contributed by atoms with van der Waals surface area (Å²) in [6.07, 6.45) is 1.69. The van der Waals surface area contributed by atoms with Crippen LogP contribution in [-0.2, 0) is 6.54 Å². The Hall–Kier alpha value is -2.43. The molecule has 0 radical (unpaired) electrons. The van der Waals surface area contributed by atoms with Crippen LogP contribution in [0.3, 0.4) is 0 Å². The molecule has 2 heterocycles. The van der Waals surface area contributed by atoms with E-state index in [1.54, 1.807) is 30.5 Å². The summed E-state index contributed by atoms with van der Waals surface area (Å²) < 4.78 is 1.82. The number of hydrogen-bond donors (Lipinski definition) is 0. The molecule has 3 rings (SSSR count). The average molecular weight is 269 g/mol. The highest BCUT2D eigenvalue weighted by atomic mass is 16.2. The van der Waals surface area contributed by atoms with Crippen LogP contribution in [-0.4, -0.2) is 26.5 Å². The number of hydrogen-bond acceptors (Lipinski definition) is 3. The Morgan fingerprint density at radius 3 is 2.20 bits per heavy atom. The molecule has 0 fully saturated rings. The molecule has 1 aliphatic heterocycles. The molecule has 0 unspecified atom stereocenters. The van der Waals surface area contributed by atoms with Crippen LogP contribution in [0.15, 0.2) is 36.5 Å². The Bertz CT molecular complexity index is 653. The van der Waals surface area contributed by atoms with E-state index in [9.17, 15) is 9.59 Å². The normalized spacial score (nSPS) is 14.2. The minimum absolute atomic E-state index is 0.190. The Kier molecular flexibility index (Phi) is 2.89. The first-order chi connectivity index (χ1) is 9.59. The number of amides is 2. The fourth-order valence-electron chi connectivity index (χ4n) is 2.48. The van der Waals surface area contributed by atoms with E-state index in [-0.39, 0.29) is 24.4 Å². The molecular weight excluding hydrogens is 254 g/mol.